The maximum absolute atomic E-state index is 14.4. The molecule has 13 nitrogen and oxygen atoms in total. The van der Waals surface area contributed by atoms with Crippen molar-refractivity contribution in [2.24, 2.45) is 11.3 Å². The Hall–Kier alpha value is -2.98. The number of fused-ring (bicyclic) bond motifs is 2. The Morgan fingerprint density at radius 1 is 1.10 bits per heavy atom. The second kappa shape index (κ2) is 13.6. The third-order valence-corrected chi connectivity index (χ3v) is 13.3. The fourth-order valence-corrected chi connectivity index (χ4v) is 10.6. The first-order chi connectivity index (χ1) is 23.4. The lowest BCUT2D eigenvalue weighted by molar-refractivity contribution is 0.0606. The van der Waals surface area contributed by atoms with E-state index in [0.29, 0.717) is 37.4 Å². The summed E-state index contributed by atoms with van der Waals surface area (Å²) in [5.74, 6) is 0.659. The van der Waals surface area contributed by atoms with Crippen LogP contribution >= 0.6 is 0 Å². The number of benzene rings is 1. The number of piperidine rings is 2. The summed E-state index contributed by atoms with van der Waals surface area (Å²) >= 11 is 0. The van der Waals surface area contributed by atoms with Crippen LogP contribution in [0.1, 0.15) is 70.2 Å². The molecule has 49 heavy (non-hydrogen) atoms. The Labute approximate surface area is 289 Å². The molecule has 1 N–H and O–H groups in total. The van der Waals surface area contributed by atoms with Crippen LogP contribution in [0.4, 0.5) is 10.2 Å². The lowest BCUT2D eigenvalue weighted by Crippen LogP contribution is -2.61. The van der Waals surface area contributed by atoms with Gasteiger partial charge in [-0.05, 0) is 97.0 Å². The van der Waals surface area contributed by atoms with E-state index in [9.17, 15) is 17.6 Å². The molecule has 1 amide bonds. The van der Waals surface area contributed by atoms with Gasteiger partial charge in [0, 0.05) is 75.4 Å². The Balaban J connectivity index is 0.921. The molecule has 5 aliphatic rings. The van der Waals surface area contributed by atoms with E-state index in [1.54, 1.807) is 13.5 Å². The van der Waals surface area contributed by atoms with Crippen LogP contribution in [0.25, 0.3) is 0 Å². The third kappa shape index (κ3) is 6.88. The molecule has 0 aliphatic carbocycles. The molecule has 0 radical (unpaired) electrons. The molecule has 2 bridgehead atoms. The lowest BCUT2D eigenvalue weighted by atomic mass is 9.72. The van der Waals surface area contributed by atoms with E-state index in [0.717, 1.165) is 71.4 Å². The van der Waals surface area contributed by atoms with Crippen molar-refractivity contribution in [3.8, 4) is 11.6 Å². The van der Waals surface area contributed by atoms with Crippen LogP contribution < -0.4 is 15.0 Å². The highest BCUT2D eigenvalue weighted by Gasteiger charge is 2.48. The molecule has 1 aromatic carbocycles. The summed E-state index contributed by atoms with van der Waals surface area (Å²) in [5.41, 5.74) is 0.321. The maximum atomic E-state index is 14.4. The number of nitrogens with zero attached hydrogens (tertiary/aromatic N) is 8. The zero-order valence-electron chi connectivity index (χ0n) is 29.1. The van der Waals surface area contributed by atoms with Gasteiger partial charge in [0.2, 0.25) is 0 Å². The molecule has 0 saturated carbocycles. The largest absolute Gasteiger partial charge is 0.434 e. The van der Waals surface area contributed by atoms with Crippen LogP contribution in [0, 0.1) is 17.2 Å². The number of piperazine rings is 1. The minimum atomic E-state index is -3.37. The Morgan fingerprint density at radius 2 is 1.82 bits per heavy atom. The van der Waals surface area contributed by atoms with Crippen molar-refractivity contribution in [1.29, 1.82) is 0 Å². The number of anilines is 1. The van der Waals surface area contributed by atoms with E-state index >= 15 is 0 Å². The number of likely N-dealkylation sites (tertiary alicyclic amines) is 1. The van der Waals surface area contributed by atoms with Crippen molar-refractivity contribution in [2.45, 2.75) is 84.0 Å². The van der Waals surface area contributed by atoms with Gasteiger partial charge in [0.15, 0.2) is 5.82 Å². The second-order valence-corrected chi connectivity index (χ2v) is 17.2. The monoisotopic (exact) mass is 699 g/mol. The number of hydrogen-bond acceptors (Lipinski definition) is 10. The number of rotatable bonds is 10. The molecule has 2 unspecified atom stereocenters. The van der Waals surface area contributed by atoms with E-state index in [1.165, 1.54) is 24.5 Å². The smallest absolute Gasteiger partial charge is 0.282 e. The lowest BCUT2D eigenvalue weighted by Gasteiger charge is -2.54. The van der Waals surface area contributed by atoms with Crippen LogP contribution in [0.3, 0.4) is 0 Å². The second-order valence-electron chi connectivity index (χ2n) is 15.3. The maximum Gasteiger partial charge on any atom is 0.282 e. The normalized spacial score (nSPS) is 25.0. The number of halogens is 1. The number of nitrogens with one attached hydrogen (secondary N) is 1. The number of carbonyl (C=O) groups excluding carboxylic acids is 1. The van der Waals surface area contributed by atoms with Gasteiger partial charge in [-0.3, -0.25) is 4.79 Å². The van der Waals surface area contributed by atoms with E-state index in [-0.39, 0.29) is 46.6 Å². The molecule has 2 atom stereocenters. The first-order valence-electron chi connectivity index (χ1n) is 17.9. The van der Waals surface area contributed by atoms with Gasteiger partial charge in [-0.15, -0.1) is 10.2 Å². The molecular weight excluding hydrogens is 649 g/mol. The van der Waals surface area contributed by atoms with E-state index in [1.807, 2.05) is 27.7 Å². The average Bonchev–Trinajstić information content (AvgIpc) is 3.70. The van der Waals surface area contributed by atoms with Crippen molar-refractivity contribution in [1.82, 2.24) is 38.9 Å². The van der Waals surface area contributed by atoms with Gasteiger partial charge in [0.25, 0.3) is 22.0 Å². The van der Waals surface area contributed by atoms with Crippen molar-refractivity contribution < 1.29 is 22.3 Å². The van der Waals surface area contributed by atoms with Crippen LogP contribution in [0.5, 0.6) is 11.6 Å². The molecule has 5 saturated heterocycles. The minimum absolute atomic E-state index is 0.0780. The number of amides is 1. The van der Waals surface area contributed by atoms with Crippen LogP contribution in [-0.2, 0) is 10.2 Å². The third-order valence-electron chi connectivity index (χ3n) is 11.3. The first-order valence-corrected chi connectivity index (χ1v) is 19.3. The quantitative estimate of drug-likeness (QED) is 0.396. The number of carbonyl (C=O) groups is 1. The van der Waals surface area contributed by atoms with Gasteiger partial charge in [0.1, 0.15) is 17.9 Å². The molecular formula is C34H50FN9O4S. The molecule has 15 heteroatoms. The summed E-state index contributed by atoms with van der Waals surface area (Å²) in [4.78, 5) is 24.5. The fraction of sp³-hybridized carbons (Fsp3) is 0.706. The summed E-state index contributed by atoms with van der Waals surface area (Å²) in [6.45, 7) is 15.0. The van der Waals surface area contributed by atoms with Crippen molar-refractivity contribution >= 4 is 21.9 Å². The SMILES string of the molecule is CC(C)N(C(=O)c1cc(F)ccc1Oc1nncnc1N1CC2(CCN(CC3CCN(S(=O)(=O)N4CC5CC4CN5)CC3)CC2)C1)C(C)C. The summed E-state index contributed by atoms with van der Waals surface area (Å²) in [7, 11) is -3.37. The van der Waals surface area contributed by atoms with Gasteiger partial charge < -0.3 is 24.8 Å². The van der Waals surface area contributed by atoms with Gasteiger partial charge in [-0.1, -0.05) is 0 Å². The highest BCUT2D eigenvalue weighted by atomic mass is 32.2. The Bertz CT molecular complexity index is 1610. The molecule has 2 aromatic rings. The van der Waals surface area contributed by atoms with E-state index < -0.39 is 16.0 Å². The Morgan fingerprint density at radius 3 is 2.45 bits per heavy atom. The molecule has 6 heterocycles. The first kappa shape index (κ1) is 34.5. The fourth-order valence-electron chi connectivity index (χ4n) is 8.69. The van der Waals surface area contributed by atoms with E-state index in [2.05, 4.69) is 30.3 Å². The van der Waals surface area contributed by atoms with Crippen LogP contribution in [0.2, 0.25) is 0 Å². The number of hydrogen-bond donors (Lipinski definition) is 1. The van der Waals surface area contributed by atoms with Crippen molar-refractivity contribution in [2.75, 3.05) is 63.8 Å². The van der Waals surface area contributed by atoms with Crippen LogP contribution in [-0.4, -0.2) is 131 Å². The number of ether oxygens (including phenoxy) is 1. The highest BCUT2D eigenvalue weighted by molar-refractivity contribution is 7.86. The zero-order valence-corrected chi connectivity index (χ0v) is 29.9. The summed E-state index contributed by atoms with van der Waals surface area (Å²) in [6, 6.07) is 4.22. The topological polar surface area (TPSA) is 127 Å². The van der Waals surface area contributed by atoms with Crippen molar-refractivity contribution in [3.63, 3.8) is 0 Å². The van der Waals surface area contributed by atoms with Gasteiger partial charge >= 0.3 is 0 Å². The molecule has 1 aromatic heterocycles. The predicted octanol–water partition coefficient (Wildman–Crippen LogP) is 2.97. The summed E-state index contributed by atoms with van der Waals surface area (Å²) < 4.78 is 50.6. The van der Waals surface area contributed by atoms with E-state index in [4.69, 9.17) is 4.74 Å². The number of aromatic nitrogens is 3. The zero-order chi connectivity index (χ0) is 34.5. The Kier molecular flexibility index (Phi) is 9.58. The van der Waals surface area contributed by atoms with Gasteiger partial charge in [-0.2, -0.15) is 17.0 Å². The van der Waals surface area contributed by atoms with Crippen molar-refractivity contribution in [3.05, 3.63) is 35.9 Å². The predicted molar refractivity (Wildman–Crippen MR) is 183 cm³/mol. The standard InChI is InChI=1S/C34H50FN9O4S/c1-23(2)44(24(3)4)33(45)29-15-26(35)5-6-30(29)48-32-31(37-22-38-39-32)41-20-34(21-41)9-13-40(14-10-34)18-25-7-11-42(12-8-25)49(46,47)43-19-27-16-28(43)17-36-27/h5-6,15,22-25,27-28,36H,7-14,16-21H2,1-4H3. The van der Waals surface area contributed by atoms with Gasteiger partial charge in [0.05, 0.1) is 5.56 Å². The molecule has 5 aliphatic heterocycles. The summed E-state index contributed by atoms with van der Waals surface area (Å²) in [5, 5.41) is 11.6. The minimum Gasteiger partial charge on any atom is -0.434 e. The summed E-state index contributed by atoms with van der Waals surface area (Å²) in [6.07, 6.45) is 6.31. The highest BCUT2D eigenvalue weighted by Crippen LogP contribution is 2.45. The molecule has 7 rings (SSSR count). The molecule has 268 valence electrons. The van der Waals surface area contributed by atoms with Gasteiger partial charge in [-0.25, -0.2) is 9.37 Å². The molecule has 1 spiro atoms. The average molecular weight is 700 g/mol. The molecule has 5 fully saturated rings. The van der Waals surface area contributed by atoms with Crippen LogP contribution in [0.15, 0.2) is 24.5 Å².